The lowest BCUT2D eigenvalue weighted by molar-refractivity contribution is -0.153. The van der Waals surface area contributed by atoms with Gasteiger partial charge in [0.05, 0.1) is 35.8 Å². The van der Waals surface area contributed by atoms with Crippen LogP contribution in [-0.4, -0.2) is 69.6 Å². The molecule has 7 nitrogen and oxygen atoms in total. The molecule has 1 N–H and O–H groups in total. The van der Waals surface area contributed by atoms with Crippen molar-refractivity contribution < 1.29 is 24.2 Å². The minimum Gasteiger partial charge on any atom is -0.465 e. The number of carbonyl (C=O) groups is 3. The Kier molecular flexibility index (Phi) is 7.00. The number of amides is 2. The summed E-state index contributed by atoms with van der Waals surface area (Å²) in [4.78, 5) is 45.5. The predicted octanol–water partition coefficient (Wildman–Crippen LogP) is 3.41. The third-order valence-electron chi connectivity index (χ3n) is 8.06. The monoisotopic (exact) mass is 524 g/mol. The van der Waals surface area contributed by atoms with Gasteiger partial charge in [-0.2, -0.15) is 0 Å². The fourth-order valence-electron chi connectivity index (χ4n) is 6.49. The highest BCUT2D eigenvalue weighted by Crippen LogP contribution is 2.61. The first-order valence-electron chi connectivity index (χ1n) is 13.2. The number of esters is 1. The van der Waals surface area contributed by atoms with E-state index in [2.05, 4.69) is 0 Å². The van der Waals surface area contributed by atoms with E-state index in [0.29, 0.717) is 19.4 Å². The molecule has 2 amide bonds. The predicted molar refractivity (Wildman–Crippen MR) is 144 cm³/mol. The molecule has 8 heteroatoms. The van der Waals surface area contributed by atoms with Crippen LogP contribution in [0.15, 0.2) is 42.5 Å². The van der Waals surface area contributed by atoms with Crippen molar-refractivity contribution in [3.8, 4) is 0 Å². The molecule has 5 rings (SSSR count). The molecule has 4 heterocycles. The Morgan fingerprint density at radius 3 is 2.68 bits per heavy atom. The molecule has 4 aliphatic rings. The summed E-state index contributed by atoms with van der Waals surface area (Å²) >= 11 is 1.53. The molecular formula is C29H36N2O5S. The fraction of sp³-hybridized carbons (Fsp3) is 0.552. The van der Waals surface area contributed by atoms with Crippen LogP contribution in [0.5, 0.6) is 0 Å². The molecular weight excluding hydrogens is 488 g/mol. The Morgan fingerprint density at radius 2 is 1.95 bits per heavy atom. The number of hydrogen-bond donors (Lipinski definition) is 1. The molecule has 37 heavy (non-hydrogen) atoms. The average Bonchev–Trinajstić information content (AvgIpc) is 3.23. The molecule has 2 saturated heterocycles. The summed E-state index contributed by atoms with van der Waals surface area (Å²) in [6, 6.07) is 4.68. The zero-order chi connectivity index (χ0) is 26.5. The average molecular weight is 525 g/mol. The van der Waals surface area contributed by atoms with E-state index in [9.17, 15) is 19.5 Å². The summed E-state index contributed by atoms with van der Waals surface area (Å²) < 4.78 is 4.63. The number of rotatable bonds is 5. The van der Waals surface area contributed by atoms with E-state index < -0.39 is 28.7 Å². The molecule has 0 radical (unpaired) electrons. The number of fused-ring (bicyclic) bond motifs is 2. The van der Waals surface area contributed by atoms with Gasteiger partial charge >= 0.3 is 5.97 Å². The summed E-state index contributed by atoms with van der Waals surface area (Å²) in [5, 5.41) is 10.2. The van der Waals surface area contributed by atoms with Crippen LogP contribution in [0.2, 0.25) is 0 Å². The van der Waals surface area contributed by atoms with Crippen LogP contribution in [-0.2, 0) is 19.1 Å². The Labute approximate surface area is 222 Å². The molecule has 0 saturated carbocycles. The summed E-state index contributed by atoms with van der Waals surface area (Å²) in [7, 11) is 0. The van der Waals surface area contributed by atoms with E-state index in [1.165, 1.54) is 11.8 Å². The van der Waals surface area contributed by atoms with Gasteiger partial charge in [-0.3, -0.25) is 14.4 Å². The molecule has 198 valence electrons. The second-order valence-electron chi connectivity index (χ2n) is 11.1. The van der Waals surface area contributed by atoms with E-state index in [4.69, 9.17) is 4.74 Å². The number of thioether (sulfide) groups is 1. The smallest absolute Gasteiger partial charge is 0.311 e. The number of nitrogens with zero attached hydrogens (tertiary/aromatic N) is 2. The van der Waals surface area contributed by atoms with Gasteiger partial charge in [-0.25, -0.2) is 0 Å². The molecule has 0 aromatic heterocycles. The standard InChI is InChI=1S/C29H36N2O5S/c1-17(2)14-20(16-32)31-25-27(34)30(21-15-18(3)9-10-19(21)4)12-7-11-29(25)24(26(31)33)23-22(37-29)8-5-6-13-36-28(23)35/h5,7-11,15,17,20,22-25,32H,6,12-14,16H2,1-4H3/t20-,22+,23-,24+,25?,29+/m1/s1. The maximum absolute atomic E-state index is 14.6. The highest BCUT2D eigenvalue weighted by molar-refractivity contribution is 8.02. The van der Waals surface area contributed by atoms with Crippen LogP contribution in [0.3, 0.4) is 0 Å². The first-order valence-corrected chi connectivity index (χ1v) is 14.1. The van der Waals surface area contributed by atoms with Crippen LogP contribution in [0.25, 0.3) is 0 Å². The Morgan fingerprint density at radius 1 is 1.16 bits per heavy atom. The highest BCUT2D eigenvalue weighted by atomic mass is 32.2. The number of aryl methyl sites for hydroxylation is 2. The number of ether oxygens (including phenoxy) is 1. The van der Waals surface area contributed by atoms with E-state index in [1.54, 1.807) is 9.80 Å². The Bertz CT molecular complexity index is 1160. The number of cyclic esters (lactones) is 1. The maximum Gasteiger partial charge on any atom is 0.311 e. The third-order valence-corrected chi connectivity index (χ3v) is 9.81. The van der Waals surface area contributed by atoms with Crippen molar-refractivity contribution in [1.29, 1.82) is 0 Å². The second-order valence-corrected chi connectivity index (χ2v) is 12.6. The van der Waals surface area contributed by atoms with Gasteiger partial charge in [0.15, 0.2) is 0 Å². The minimum absolute atomic E-state index is 0.170. The van der Waals surface area contributed by atoms with Crippen LogP contribution >= 0.6 is 11.8 Å². The van der Waals surface area contributed by atoms with Crippen molar-refractivity contribution >= 4 is 35.2 Å². The highest BCUT2D eigenvalue weighted by Gasteiger charge is 2.71. The fourth-order valence-corrected chi connectivity index (χ4v) is 8.47. The Hall–Kier alpha value is -2.58. The number of anilines is 1. The van der Waals surface area contributed by atoms with E-state index >= 15 is 0 Å². The van der Waals surface area contributed by atoms with Gasteiger partial charge in [0.1, 0.15) is 6.04 Å². The van der Waals surface area contributed by atoms with Crippen molar-refractivity contribution in [1.82, 2.24) is 4.90 Å². The maximum atomic E-state index is 14.6. The van der Waals surface area contributed by atoms with Crippen LogP contribution < -0.4 is 4.90 Å². The van der Waals surface area contributed by atoms with Gasteiger partial charge in [0, 0.05) is 17.5 Å². The summed E-state index contributed by atoms with van der Waals surface area (Å²) in [6.07, 6.45) is 9.19. The number of benzene rings is 1. The van der Waals surface area contributed by atoms with Crippen LogP contribution in [0, 0.1) is 31.6 Å². The summed E-state index contributed by atoms with van der Waals surface area (Å²) in [5.41, 5.74) is 2.84. The van der Waals surface area contributed by atoms with Crippen molar-refractivity contribution in [2.45, 2.75) is 62.6 Å². The van der Waals surface area contributed by atoms with Gasteiger partial charge in [-0.05, 0) is 49.8 Å². The first kappa shape index (κ1) is 26.0. The van der Waals surface area contributed by atoms with Gasteiger partial charge in [-0.1, -0.05) is 50.3 Å². The number of aliphatic hydroxyl groups is 1. The van der Waals surface area contributed by atoms with Crippen LogP contribution in [0.1, 0.15) is 37.8 Å². The molecule has 2 fully saturated rings. The number of likely N-dealkylation sites (tertiary alicyclic amines) is 1. The van der Waals surface area contributed by atoms with Gasteiger partial charge in [0.2, 0.25) is 5.91 Å². The van der Waals surface area contributed by atoms with Crippen molar-refractivity contribution in [2.75, 3.05) is 24.7 Å². The van der Waals surface area contributed by atoms with Crippen LogP contribution in [0.4, 0.5) is 5.69 Å². The van der Waals surface area contributed by atoms with Gasteiger partial charge < -0.3 is 19.6 Å². The first-order chi connectivity index (χ1) is 17.7. The molecule has 6 atom stereocenters. The van der Waals surface area contributed by atoms with Gasteiger partial charge in [-0.15, -0.1) is 11.8 Å². The normalized spacial score (nSPS) is 32.0. The van der Waals surface area contributed by atoms with E-state index in [1.807, 2.05) is 70.2 Å². The van der Waals surface area contributed by atoms with E-state index in [-0.39, 0.29) is 42.2 Å². The number of carbonyl (C=O) groups excluding carboxylic acids is 3. The lowest BCUT2D eigenvalue weighted by atomic mass is 9.78. The second kappa shape index (κ2) is 9.95. The molecule has 0 aliphatic carbocycles. The largest absolute Gasteiger partial charge is 0.465 e. The SMILES string of the molecule is Cc1ccc(C)c(N2CC=C[C@]34S[C@H]5C=CCCOC(=O)[C@H]5[C@H]3C(=O)N([C@@H](CO)CC(C)C)C4C2=O)c1. The van der Waals surface area contributed by atoms with E-state index in [0.717, 1.165) is 16.8 Å². The van der Waals surface area contributed by atoms with Crippen molar-refractivity contribution in [3.05, 3.63) is 53.6 Å². The summed E-state index contributed by atoms with van der Waals surface area (Å²) in [5.74, 6) is -1.99. The number of aliphatic hydroxyl groups excluding tert-OH is 1. The zero-order valence-electron chi connectivity index (χ0n) is 21.9. The van der Waals surface area contributed by atoms with Crippen molar-refractivity contribution in [3.63, 3.8) is 0 Å². The molecule has 1 aromatic rings. The molecule has 0 bridgehead atoms. The topological polar surface area (TPSA) is 87.2 Å². The quantitative estimate of drug-likeness (QED) is 0.469. The van der Waals surface area contributed by atoms with Crippen molar-refractivity contribution in [2.24, 2.45) is 17.8 Å². The zero-order valence-corrected chi connectivity index (χ0v) is 22.7. The number of hydrogen-bond acceptors (Lipinski definition) is 6. The third kappa shape index (κ3) is 4.22. The molecule has 1 aromatic carbocycles. The van der Waals surface area contributed by atoms with Gasteiger partial charge in [0.25, 0.3) is 5.91 Å². The lowest BCUT2D eigenvalue weighted by Crippen LogP contribution is -2.57. The Balaban J connectivity index is 1.67. The molecule has 1 spiro atoms. The minimum atomic E-state index is -0.923. The lowest BCUT2D eigenvalue weighted by Gasteiger charge is -2.39. The summed E-state index contributed by atoms with van der Waals surface area (Å²) in [6.45, 7) is 8.47. The molecule has 4 aliphatic heterocycles. The molecule has 1 unspecified atom stereocenters.